The molecule has 0 saturated heterocycles. The molecular weight excluding hydrogens is 284 g/mol. The molecule has 1 rings (SSSR count). The van der Waals surface area contributed by atoms with Crippen molar-refractivity contribution in [2.45, 2.75) is 25.2 Å². The van der Waals surface area contributed by atoms with Gasteiger partial charge in [-0.1, -0.05) is 6.07 Å². The molecule has 0 aromatic heterocycles. The number of nitrogens with zero attached hydrogens (tertiary/aromatic N) is 1. The van der Waals surface area contributed by atoms with Crippen molar-refractivity contribution < 1.29 is 18.1 Å². The molecule has 20 heavy (non-hydrogen) atoms. The predicted octanol–water partition coefficient (Wildman–Crippen LogP) is 1.61. The van der Waals surface area contributed by atoms with Gasteiger partial charge < -0.3 is 4.74 Å². The number of hydrogen-bond donors (Lipinski definition) is 1. The minimum atomic E-state index is -3.73. The van der Waals surface area contributed by atoms with Crippen LogP contribution in [0.25, 0.3) is 0 Å². The van der Waals surface area contributed by atoms with Crippen molar-refractivity contribution in [3.63, 3.8) is 0 Å². The van der Waals surface area contributed by atoms with Crippen molar-refractivity contribution in [1.29, 1.82) is 0 Å². The van der Waals surface area contributed by atoms with Crippen LogP contribution in [0.1, 0.15) is 18.9 Å². The Morgan fingerprint density at radius 3 is 2.70 bits per heavy atom. The van der Waals surface area contributed by atoms with Gasteiger partial charge in [0.05, 0.1) is 9.82 Å². The summed E-state index contributed by atoms with van der Waals surface area (Å²) < 4.78 is 31.4. The fourth-order valence-electron chi connectivity index (χ4n) is 1.56. The molecule has 0 unspecified atom stereocenters. The maximum absolute atomic E-state index is 12.0. The quantitative estimate of drug-likeness (QED) is 0.447. The molecule has 1 aromatic carbocycles. The second-order valence-electron chi connectivity index (χ2n) is 4.15. The van der Waals surface area contributed by atoms with Crippen molar-refractivity contribution in [2.24, 2.45) is 0 Å². The van der Waals surface area contributed by atoms with Gasteiger partial charge in [-0.2, -0.15) is 0 Å². The summed E-state index contributed by atoms with van der Waals surface area (Å²) in [6.45, 7) is 4.69. The zero-order valence-corrected chi connectivity index (χ0v) is 12.3. The standard InChI is InChI=1S/C12H18N2O5S/c1-3-19-8-4-7-13-20(17,18)11-6-5-10(2)12(9-11)14(15)16/h5-6,9,13H,3-4,7-8H2,1-2H3. The fourth-order valence-corrected chi connectivity index (χ4v) is 2.66. The molecule has 0 aliphatic rings. The zero-order valence-electron chi connectivity index (χ0n) is 11.5. The van der Waals surface area contributed by atoms with E-state index >= 15 is 0 Å². The molecule has 112 valence electrons. The lowest BCUT2D eigenvalue weighted by Crippen LogP contribution is -2.25. The van der Waals surface area contributed by atoms with Gasteiger partial charge in [0, 0.05) is 31.4 Å². The van der Waals surface area contributed by atoms with Crippen LogP contribution >= 0.6 is 0 Å². The molecule has 0 radical (unpaired) electrons. The Morgan fingerprint density at radius 2 is 2.10 bits per heavy atom. The van der Waals surface area contributed by atoms with Gasteiger partial charge in [0.25, 0.3) is 5.69 Å². The van der Waals surface area contributed by atoms with E-state index in [4.69, 9.17) is 4.74 Å². The Balaban J connectivity index is 2.77. The highest BCUT2D eigenvalue weighted by Gasteiger charge is 2.19. The van der Waals surface area contributed by atoms with E-state index in [1.807, 2.05) is 6.92 Å². The van der Waals surface area contributed by atoms with Crippen LogP contribution in [0.2, 0.25) is 0 Å². The van der Waals surface area contributed by atoms with Crippen molar-refractivity contribution in [3.8, 4) is 0 Å². The van der Waals surface area contributed by atoms with Crippen LogP contribution in [0, 0.1) is 17.0 Å². The molecule has 1 aromatic rings. The summed E-state index contributed by atoms with van der Waals surface area (Å²) in [7, 11) is -3.73. The highest BCUT2D eigenvalue weighted by Crippen LogP contribution is 2.21. The van der Waals surface area contributed by atoms with E-state index in [0.717, 1.165) is 6.07 Å². The predicted molar refractivity (Wildman–Crippen MR) is 74.1 cm³/mol. The zero-order chi connectivity index (χ0) is 15.2. The molecule has 0 atom stereocenters. The third-order valence-corrected chi connectivity index (χ3v) is 4.11. The van der Waals surface area contributed by atoms with Gasteiger partial charge in [-0.05, 0) is 26.3 Å². The summed E-state index contributed by atoms with van der Waals surface area (Å²) >= 11 is 0. The van der Waals surface area contributed by atoms with Gasteiger partial charge in [-0.25, -0.2) is 13.1 Å². The van der Waals surface area contributed by atoms with E-state index in [2.05, 4.69) is 4.72 Å². The minimum absolute atomic E-state index is 0.105. The summed E-state index contributed by atoms with van der Waals surface area (Å²) in [5.74, 6) is 0. The first-order chi connectivity index (χ1) is 9.38. The Labute approximate surface area is 118 Å². The average molecular weight is 302 g/mol. The highest BCUT2D eigenvalue weighted by molar-refractivity contribution is 7.89. The number of nitrogens with one attached hydrogen (secondary N) is 1. The van der Waals surface area contributed by atoms with Crippen LogP contribution in [0.5, 0.6) is 0 Å². The van der Waals surface area contributed by atoms with E-state index in [-0.39, 0.29) is 17.1 Å². The molecule has 0 saturated carbocycles. The molecule has 8 heteroatoms. The lowest BCUT2D eigenvalue weighted by atomic mass is 10.2. The van der Waals surface area contributed by atoms with E-state index in [1.165, 1.54) is 12.1 Å². The number of nitro groups is 1. The Hall–Kier alpha value is -1.51. The smallest absolute Gasteiger partial charge is 0.273 e. The Kier molecular flexibility index (Phi) is 6.05. The van der Waals surface area contributed by atoms with E-state index in [0.29, 0.717) is 25.2 Å². The first kappa shape index (κ1) is 16.5. The first-order valence-electron chi connectivity index (χ1n) is 6.21. The van der Waals surface area contributed by atoms with Crippen molar-refractivity contribution in [3.05, 3.63) is 33.9 Å². The summed E-state index contributed by atoms with van der Waals surface area (Å²) in [6, 6.07) is 3.85. The van der Waals surface area contributed by atoms with Crippen molar-refractivity contribution in [2.75, 3.05) is 19.8 Å². The third-order valence-electron chi connectivity index (χ3n) is 2.65. The molecular formula is C12H18N2O5S. The summed E-state index contributed by atoms with van der Waals surface area (Å²) in [4.78, 5) is 10.1. The number of hydrogen-bond acceptors (Lipinski definition) is 5. The summed E-state index contributed by atoms with van der Waals surface area (Å²) in [6.07, 6.45) is 0.543. The third kappa shape index (κ3) is 4.55. The normalized spacial score (nSPS) is 11.5. The van der Waals surface area contributed by atoms with E-state index in [1.54, 1.807) is 6.92 Å². The molecule has 0 aliphatic heterocycles. The number of rotatable bonds is 8. The lowest BCUT2D eigenvalue weighted by Gasteiger charge is -2.07. The monoisotopic (exact) mass is 302 g/mol. The Morgan fingerprint density at radius 1 is 1.40 bits per heavy atom. The van der Waals surface area contributed by atoms with Crippen molar-refractivity contribution in [1.82, 2.24) is 4.72 Å². The van der Waals surface area contributed by atoms with Gasteiger partial charge in [0.15, 0.2) is 0 Å². The molecule has 0 aliphatic carbocycles. The highest BCUT2D eigenvalue weighted by atomic mass is 32.2. The lowest BCUT2D eigenvalue weighted by molar-refractivity contribution is -0.385. The molecule has 0 spiro atoms. The maximum atomic E-state index is 12.0. The van der Waals surface area contributed by atoms with E-state index in [9.17, 15) is 18.5 Å². The van der Waals surface area contributed by atoms with Crippen LogP contribution in [0.4, 0.5) is 5.69 Å². The second-order valence-corrected chi connectivity index (χ2v) is 5.92. The molecule has 1 N–H and O–H groups in total. The van der Waals surface area contributed by atoms with Gasteiger partial charge >= 0.3 is 0 Å². The Bertz CT molecular complexity index is 571. The van der Waals surface area contributed by atoms with Crippen LogP contribution in [0.15, 0.2) is 23.1 Å². The van der Waals surface area contributed by atoms with Crippen molar-refractivity contribution >= 4 is 15.7 Å². The number of nitro benzene ring substituents is 1. The van der Waals surface area contributed by atoms with Gasteiger partial charge in [0.1, 0.15) is 0 Å². The number of benzene rings is 1. The van der Waals surface area contributed by atoms with Gasteiger partial charge in [-0.15, -0.1) is 0 Å². The fraction of sp³-hybridized carbons (Fsp3) is 0.500. The average Bonchev–Trinajstić information content (AvgIpc) is 2.38. The van der Waals surface area contributed by atoms with Crippen LogP contribution in [-0.4, -0.2) is 33.1 Å². The van der Waals surface area contributed by atoms with Gasteiger partial charge in [-0.3, -0.25) is 10.1 Å². The molecule has 0 fully saturated rings. The molecule has 7 nitrogen and oxygen atoms in total. The van der Waals surface area contributed by atoms with E-state index < -0.39 is 14.9 Å². The summed E-state index contributed by atoms with van der Waals surface area (Å²) in [5, 5.41) is 10.8. The number of ether oxygens (including phenoxy) is 1. The first-order valence-corrected chi connectivity index (χ1v) is 7.69. The summed E-state index contributed by atoms with van der Waals surface area (Å²) in [5.41, 5.74) is 0.215. The SMILES string of the molecule is CCOCCCNS(=O)(=O)c1ccc(C)c([N+](=O)[O-])c1. The van der Waals surface area contributed by atoms with Crippen LogP contribution in [-0.2, 0) is 14.8 Å². The molecule has 0 heterocycles. The number of sulfonamides is 1. The molecule has 0 bridgehead atoms. The second kappa shape index (κ2) is 7.32. The largest absolute Gasteiger partial charge is 0.382 e. The minimum Gasteiger partial charge on any atom is -0.382 e. The topological polar surface area (TPSA) is 98.5 Å². The maximum Gasteiger partial charge on any atom is 0.273 e. The van der Waals surface area contributed by atoms with Gasteiger partial charge in [0.2, 0.25) is 10.0 Å². The van der Waals surface area contributed by atoms with Crippen LogP contribution in [0.3, 0.4) is 0 Å². The molecule has 0 amide bonds. The number of aryl methyl sites for hydroxylation is 1. The van der Waals surface area contributed by atoms with Crippen LogP contribution < -0.4 is 4.72 Å².